The predicted molar refractivity (Wildman–Crippen MR) is 201 cm³/mol. The van der Waals surface area contributed by atoms with Gasteiger partial charge >= 0.3 is 0 Å². The molecule has 7 nitrogen and oxygen atoms in total. The van der Waals surface area contributed by atoms with Crippen LogP contribution in [0.15, 0.2) is 149 Å². The first-order valence-corrected chi connectivity index (χ1v) is 17.4. The zero-order chi connectivity index (χ0) is 34.0. The van der Waals surface area contributed by atoms with Crippen LogP contribution in [-0.4, -0.2) is 28.5 Å². The number of amides is 3. The molecule has 1 heterocycles. The molecule has 0 fully saturated rings. The molecule has 0 radical (unpaired) electrons. The molecule has 10 heteroatoms. The van der Waals surface area contributed by atoms with Crippen LogP contribution in [0.5, 0.6) is 0 Å². The SMILES string of the molecule is O=C(CSc1ccc(NC(=O)/C(=C/c2ccc(-c3ccccc3)cc2)NC(=O)c2ccccc2)cc1)Nc1nc(-c2ccccc2Cl)cs1. The summed E-state index contributed by atoms with van der Waals surface area (Å²) in [6.45, 7) is 0. The van der Waals surface area contributed by atoms with E-state index >= 15 is 0 Å². The molecule has 6 rings (SSSR count). The summed E-state index contributed by atoms with van der Waals surface area (Å²) in [4.78, 5) is 44.5. The summed E-state index contributed by atoms with van der Waals surface area (Å²) in [5.41, 5.74) is 5.44. The van der Waals surface area contributed by atoms with Crippen molar-refractivity contribution in [1.82, 2.24) is 10.3 Å². The van der Waals surface area contributed by atoms with Gasteiger partial charge in [0.1, 0.15) is 5.70 Å². The third-order valence-corrected chi connectivity index (χ3v) is 9.34. The summed E-state index contributed by atoms with van der Waals surface area (Å²) in [5, 5.41) is 11.4. The van der Waals surface area contributed by atoms with Crippen LogP contribution in [0.4, 0.5) is 10.8 Å². The van der Waals surface area contributed by atoms with Crippen LogP contribution in [0.3, 0.4) is 0 Å². The Kier molecular flexibility index (Phi) is 11.0. The normalized spacial score (nSPS) is 11.1. The predicted octanol–water partition coefficient (Wildman–Crippen LogP) is 9.27. The summed E-state index contributed by atoms with van der Waals surface area (Å²) in [7, 11) is 0. The van der Waals surface area contributed by atoms with E-state index in [0.29, 0.717) is 27.1 Å². The van der Waals surface area contributed by atoms with Gasteiger partial charge in [0.25, 0.3) is 11.8 Å². The maximum atomic E-state index is 13.5. The molecule has 0 aliphatic rings. The van der Waals surface area contributed by atoms with E-state index in [2.05, 4.69) is 20.9 Å². The van der Waals surface area contributed by atoms with Crippen LogP contribution in [0, 0.1) is 0 Å². The van der Waals surface area contributed by atoms with Gasteiger partial charge in [-0.05, 0) is 65.2 Å². The number of carbonyl (C=O) groups excluding carboxylic acids is 3. The minimum absolute atomic E-state index is 0.0938. The quantitative estimate of drug-likeness (QED) is 0.0924. The molecule has 5 aromatic carbocycles. The summed E-state index contributed by atoms with van der Waals surface area (Å²) in [6, 6.07) is 41.0. The van der Waals surface area contributed by atoms with Gasteiger partial charge in [-0.3, -0.25) is 14.4 Å². The van der Waals surface area contributed by atoms with Crippen LogP contribution >= 0.6 is 34.7 Å². The number of thiazole rings is 1. The first-order chi connectivity index (χ1) is 23.9. The number of nitrogens with zero attached hydrogens (tertiary/aromatic N) is 1. The van der Waals surface area contributed by atoms with Gasteiger partial charge in [0.15, 0.2) is 5.13 Å². The number of halogens is 1. The first-order valence-electron chi connectivity index (χ1n) is 15.2. The number of carbonyl (C=O) groups is 3. The maximum Gasteiger partial charge on any atom is 0.272 e. The van der Waals surface area contributed by atoms with E-state index < -0.39 is 11.8 Å². The molecule has 3 amide bonds. The Hall–Kier alpha value is -5.48. The van der Waals surface area contributed by atoms with Gasteiger partial charge in [-0.2, -0.15) is 0 Å². The number of anilines is 2. The minimum atomic E-state index is -0.476. The number of benzene rings is 5. The second-order valence-corrected chi connectivity index (χ2v) is 13.0. The lowest BCUT2D eigenvalue weighted by Gasteiger charge is -2.12. The van der Waals surface area contributed by atoms with Gasteiger partial charge < -0.3 is 16.0 Å². The van der Waals surface area contributed by atoms with Crippen molar-refractivity contribution in [1.29, 1.82) is 0 Å². The molecule has 0 saturated heterocycles. The molecular weight excluding hydrogens is 672 g/mol. The summed E-state index contributed by atoms with van der Waals surface area (Å²) >= 11 is 8.97. The molecule has 0 saturated carbocycles. The Morgan fingerprint density at radius 3 is 2.10 bits per heavy atom. The van der Waals surface area contributed by atoms with Crippen LogP contribution in [0.1, 0.15) is 15.9 Å². The van der Waals surface area contributed by atoms with Crippen LogP contribution in [0.2, 0.25) is 5.02 Å². The van der Waals surface area contributed by atoms with E-state index in [1.54, 1.807) is 48.5 Å². The highest BCUT2D eigenvalue weighted by molar-refractivity contribution is 8.00. The summed E-state index contributed by atoms with van der Waals surface area (Å²) in [6.07, 6.45) is 1.65. The average molecular weight is 701 g/mol. The van der Waals surface area contributed by atoms with Crippen LogP contribution < -0.4 is 16.0 Å². The van der Waals surface area contributed by atoms with Gasteiger partial charge in [0.05, 0.1) is 11.4 Å². The number of hydrogen-bond acceptors (Lipinski definition) is 6. The van der Waals surface area contributed by atoms with Gasteiger partial charge in [0, 0.05) is 32.1 Å². The Labute approximate surface area is 297 Å². The monoisotopic (exact) mass is 700 g/mol. The molecular formula is C39H29ClN4O3S2. The van der Waals surface area contributed by atoms with E-state index in [1.165, 1.54) is 23.1 Å². The van der Waals surface area contributed by atoms with E-state index in [1.807, 2.05) is 96.4 Å². The lowest BCUT2D eigenvalue weighted by molar-refractivity contribution is -0.114. The molecule has 49 heavy (non-hydrogen) atoms. The first kappa shape index (κ1) is 33.4. The van der Waals surface area contributed by atoms with Crippen molar-refractivity contribution < 1.29 is 14.4 Å². The third kappa shape index (κ3) is 9.11. The fraction of sp³-hybridized carbons (Fsp3) is 0.0256. The topological polar surface area (TPSA) is 100 Å². The van der Waals surface area contributed by atoms with E-state index in [-0.39, 0.29) is 17.4 Å². The van der Waals surface area contributed by atoms with Crippen LogP contribution in [0.25, 0.3) is 28.5 Å². The Morgan fingerprint density at radius 1 is 0.735 bits per heavy atom. The van der Waals surface area contributed by atoms with Crippen molar-refractivity contribution >= 4 is 69.3 Å². The van der Waals surface area contributed by atoms with Crippen molar-refractivity contribution in [2.45, 2.75) is 4.90 Å². The van der Waals surface area contributed by atoms with E-state index in [0.717, 1.165) is 27.1 Å². The highest BCUT2D eigenvalue weighted by atomic mass is 35.5. The molecule has 0 atom stereocenters. The molecule has 242 valence electrons. The molecule has 3 N–H and O–H groups in total. The van der Waals surface area contributed by atoms with E-state index in [9.17, 15) is 14.4 Å². The number of thioether (sulfide) groups is 1. The zero-order valence-electron chi connectivity index (χ0n) is 25.9. The maximum absolute atomic E-state index is 13.5. The van der Waals surface area contributed by atoms with Gasteiger partial charge in [-0.25, -0.2) is 4.98 Å². The summed E-state index contributed by atoms with van der Waals surface area (Å²) in [5.74, 6) is -0.890. The molecule has 0 aliphatic carbocycles. The molecule has 0 aliphatic heterocycles. The molecule has 1 aromatic heterocycles. The van der Waals surface area contributed by atoms with E-state index in [4.69, 9.17) is 11.6 Å². The smallest absolute Gasteiger partial charge is 0.272 e. The van der Waals surface area contributed by atoms with Crippen molar-refractivity contribution in [2.75, 3.05) is 16.4 Å². The van der Waals surface area contributed by atoms with Crippen LogP contribution in [-0.2, 0) is 9.59 Å². The summed E-state index contributed by atoms with van der Waals surface area (Å²) < 4.78 is 0. The molecule has 0 unspecified atom stereocenters. The Balaban J connectivity index is 1.09. The number of rotatable bonds is 11. The third-order valence-electron chi connectivity index (χ3n) is 7.24. The van der Waals surface area contributed by atoms with Crippen molar-refractivity contribution in [3.63, 3.8) is 0 Å². The van der Waals surface area contributed by atoms with Gasteiger partial charge in [-0.1, -0.05) is 103 Å². The fourth-order valence-corrected chi connectivity index (χ4v) is 6.43. The highest BCUT2D eigenvalue weighted by Gasteiger charge is 2.16. The standard InChI is InChI=1S/C39H29ClN4O3S2/c40-33-14-8-7-13-32(33)35-24-49-39(43-35)44-36(45)25-48-31-21-19-30(20-22-31)41-38(47)34(42-37(46)29-11-5-2-6-12-29)23-26-15-17-28(18-16-26)27-9-3-1-4-10-27/h1-24H,25H2,(H,41,47)(H,42,46)(H,43,44,45)/b34-23-. The lowest BCUT2D eigenvalue weighted by atomic mass is 10.0. The molecule has 6 aromatic rings. The Morgan fingerprint density at radius 2 is 1.39 bits per heavy atom. The van der Waals surface area contributed by atoms with Crippen molar-refractivity contribution in [3.8, 4) is 22.4 Å². The molecule has 0 spiro atoms. The second-order valence-electron chi connectivity index (χ2n) is 10.7. The zero-order valence-corrected chi connectivity index (χ0v) is 28.3. The fourth-order valence-electron chi connectivity index (χ4n) is 4.77. The largest absolute Gasteiger partial charge is 0.321 e. The average Bonchev–Trinajstić information content (AvgIpc) is 3.60. The van der Waals surface area contributed by atoms with Gasteiger partial charge in [-0.15, -0.1) is 23.1 Å². The number of aromatic nitrogens is 1. The minimum Gasteiger partial charge on any atom is -0.321 e. The molecule has 0 bridgehead atoms. The lowest BCUT2D eigenvalue weighted by Crippen LogP contribution is -2.30. The van der Waals surface area contributed by atoms with Crippen molar-refractivity contribution in [2.24, 2.45) is 0 Å². The second kappa shape index (κ2) is 16.1. The Bertz CT molecular complexity index is 2100. The van der Waals surface area contributed by atoms with Crippen molar-refractivity contribution in [3.05, 3.63) is 161 Å². The van der Waals surface area contributed by atoms with Gasteiger partial charge in [0.2, 0.25) is 5.91 Å². The highest BCUT2D eigenvalue weighted by Crippen LogP contribution is 2.30. The number of nitrogens with one attached hydrogen (secondary N) is 3. The number of hydrogen-bond donors (Lipinski definition) is 3.